The second-order valence-corrected chi connectivity index (χ2v) is 4.58. The highest BCUT2D eigenvalue weighted by Crippen LogP contribution is 2.21. The van der Waals surface area contributed by atoms with Crippen LogP contribution in [0, 0.1) is 21.4 Å². The number of nitrogens with one attached hydrogen (secondary N) is 1. The molecule has 1 unspecified atom stereocenters. The van der Waals surface area contributed by atoms with E-state index < -0.39 is 9.75 Å². The van der Waals surface area contributed by atoms with E-state index >= 15 is 0 Å². The molecule has 1 N–H and O–H groups in total. The van der Waals surface area contributed by atoms with Gasteiger partial charge in [0.05, 0.1) is 21.0 Å². The number of benzene rings is 1. The molecule has 0 saturated heterocycles. The number of anilines is 1. The summed E-state index contributed by atoms with van der Waals surface area (Å²) in [5.74, 6) is -0.324. The average molecular weight is 298 g/mol. The zero-order valence-corrected chi connectivity index (χ0v) is 10.4. The molecule has 0 aromatic heterocycles. The van der Waals surface area contributed by atoms with Crippen LogP contribution in [-0.4, -0.2) is 15.7 Å². The van der Waals surface area contributed by atoms with Gasteiger partial charge in [-0.15, -0.1) is 0 Å². The number of nitrogens with zero attached hydrogens (tertiary/aromatic N) is 2. The van der Waals surface area contributed by atoms with Gasteiger partial charge in [0, 0.05) is 12.1 Å². The van der Waals surface area contributed by atoms with Crippen molar-refractivity contribution in [1.29, 1.82) is 5.26 Å². The lowest BCUT2D eigenvalue weighted by atomic mass is 10.1. The van der Waals surface area contributed by atoms with E-state index in [0.717, 1.165) is 6.07 Å². The summed E-state index contributed by atoms with van der Waals surface area (Å²) in [7, 11) is 0. The Bertz CT molecular complexity index is 508. The zero-order chi connectivity index (χ0) is 13.0. The molecule has 0 aliphatic rings. The molecule has 1 atom stereocenters. The molecule has 6 nitrogen and oxygen atoms in total. The number of rotatable bonds is 3. The summed E-state index contributed by atoms with van der Waals surface area (Å²) >= 11 is 3.08. The molecule has 0 heterocycles. The minimum atomic E-state index is -0.598. The second kappa shape index (κ2) is 5.41. The summed E-state index contributed by atoms with van der Waals surface area (Å²) < 4.78 is 0. The second-order valence-electron chi connectivity index (χ2n) is 3.20. The van der Waals surface area contributed by atoms with Gasteiger partial charge in [-0.05, 0) is 13.0 Å². The number of nitriles is 1. The maximum Gasteiger partial charge on any atom is 0.270 e. The molecule has 0 bridgehead atoms. The predicted octanol–water partition coefficient (Wildman–Crippen LogP) is 2.19. The maximum absolute atomic E-state index is 11.4. The first kappa shape index (κ1) is 13.1. The quantitative estimate of drug-likeness (QED) is 0.525. The molecular weight excluding hydrogens is 290 g/mol. The molecule has 0 radical (unpaired) electrons. The Labute approximate surface area is 106 Å². The summed E-state index contributed by atoms with van der Waals surface area (Å²) in [6.45, 7) is 1.63. The average Bonchev–Trinajstić information content (AvgIpc) is 2.28. The van der Waals surface area contributed by atoms with Crippen LogP contribution in [0.2, 0.25) is 0 Å². The molecule has 7 heteroatoms. The predicted molar refractivity (Wildman–Crippen MR) is 64.8 cm³/mol. The number of hydrogen-bond acceptors (Lipinski definition) is 4. The number of hydrogen-bond donors (Lipinski definition) is 1. The first-order chi connectivity index (χ1) is 7.95. The number of halogens is 1. The normalized spacial score (nSPS) is 11.4. The number of alkyl halides is 1. The maximum atomic E-state index is 11.4. The van der Waals surface area contributed by atoms with Crippen molar-refractivity contribution < 1.29 is 9.72 Å². The molecule has 1 aromatic rings. The lowest BCUT2D eigenvalue weighted by Gasteiger charge is -2.07. The van der Waals surface area contributed by atoms with Crippen LogP contribution in [0.4, 0.5) is 11.4 Å². The van der Waals surface area contributed by atoms with Crippen LogP contribution >= 0.6 is 15.9 Å². The molecule has 1 amide bonds. The van der Waals surface area contributed by atoms with E-state index in [0.29, 0.717) is 0 Å². The lowest BCUT2D eigenvalue weighted by molar-refractivity contribution is -0.384. The van der Waals surface area contributed by atoms with E-state index in [1.807, 2.05) is 0 Å². The van der Waals surface area contributed by atoms with Crippen LogP contribution in [0.15, 0.2) is 18.2 Å². The van der Waals surface area contributed by atoms with Gasteiger partial charge in [-0.3, -0.25) is 14.9 Å². The Balaban J connectivity index is 3.06. The fraction of sp³-hybridized carbons (Fsp3) is 0.200. The van der Waals surface area contributed by atoms with E-state index in [1.54, 1.807) is 13.0 Å². The zero-order valence-electron chi connectivity index (χ0n) is 8.81. The Morgan fingerprint density at radius 3 is 2.76 bits per heavy atom. The molecule has 88 valence electrons. The van der Waals surface area contributed by atoms with E-state index in [9.17, 15) is 14.9 Å². The van der Waals surface area contributed by atoms with Gasteiger partial charge in [0.1, 0.15) is 6.07 Å². The fourth-order valence-electron chi connectivity index (χ4n) is 1.08. The van der Waals surface area contributed by atoms with Crippen LogP contribution in [0.1, 0.15) is 12.5 Å². The number of carbonyl (C=O) groups excluding carboxylic acids is 1. The smallest absolute Gasteiger partial charge is 0.270 e. The van der Waals surface area contributed by atoms with Gasteiger partial charge in [-0.2, -0.15) is 5.26 Å². The van der Waals surface area contributed by atoms with Gasteiger partial charge in [0.2, 0.25) is 5.91 Å². The SMILES string of the molecule is CC(Br)C(=O)Nc1ccc([N+](=O)[O-])cc1C#N. The molecule has 0 aliphatic heterocycles. The summed E-state index contributed by atoms with van der Waals surface area (Å²) in [5, 5.41) is 21.8. The van der Waals surface area contributed by atoms with E-state index in [-0.39, 0.29) is 22.8 Å². The molecule has 1 aromatic carbocycles. The molecule has 0 aliphatic carbocycles. The molecule has 0 saturated carbocycles. The lowest BCUT2D eigenvalue weighted by Crippen LogP contribution is -2.20. The highest BCUT2D eigenvalue weighted by molar-refractivity contribution is 9.10. The molecule has 1 rings (SSSR count). The standard InChI is InChI=1S/C10H8BrN3O3/c1-6(11)10(15)13-9-3-2-8(14(16)17)4-7(9)5-12/h2-4,6H,1H3,(H,13,15). The monoisotopic (exact) mass is 297 g/mol. The minimum Gasteiger partial charge on any atom is -0.324 e. The van der Waals surface area contributed by atoms with E-state index in [1.165, 1.54) is 12.1 Å². The summed E-state index contributed by atoms with van der Waals surface area (Å²) in [4.78, 5) is 20.9. The Morgan fingerprint density at radius 2 is 2.29 bits per heavy atom. The van der Waals surface area contributed by atoms with E-state index in [2.05, 4.69) is 21.2 Å². The first-order valence-electron chi connectivity index (χ1n) is 4.59. The third-order valence-corrected chi connectivity index (χ3v) is 2.37. The first-order valence-corrected chi connectivity index (χ1v) is 5.50. The van der Waals surface area contributed by atoms with Crippen molar-refractivity contribution >= 4 is 33.2 Å². The van der Waals surface area contributed by atoms with Gasteiger partial charge < -0.3 is 5.32 Å². The van der Waals surface area contributed by atoms with Crippen LogP contribution in [0.5, 0.6) is 0 Å². The summed E-state index contributed by atoms with van der Waals surface area (Å²) in [6.07, 6.45) is 0. The fourth-order valence-corrected chi connectivity index (χ4v) is 1.19. The van der Waals surface area contributed by atoms with Gasteiger partial charge in [0.25, 0.3) is 5.69 Å². The largest absolute Gasteiger partial charge is 0.324 e. The van der Waals surface area contributed by atoms with Gasteiger partial charge in [-0.25, -0.2) is 0 Å². The van der Waals surface area contributed by atoms with Crippen molar-refractivity contribution in [1.82, 2.24) is 0 Å². The third-order valence-electron chi connectivity index (χ3n) is 1.95. The van der Waals surface area contributed by atoms with Crippen LogP contribution < -0.4 is 5.32 Å². The molecular formula is C10H8BrN3O3. The number of carbonyl (C=O) groups is 1. The Morgan fingerprint density at radius 1 is 1.65 bits per heavy atom. The van der Waals surface area contributed by atoms with Crippen LogP contribution in [0.25, 0.3) is 0 Å². The highest BCUT2D eigenvalue weighted by Gasteiger charge is 2.14. The van der Waals surface area contributed by atoms with Crippen molar-refractivity contribution in [3.05, 3.63) is 33.9 Å². The van der Waals surface area contributed by atoms with Crippen molar-refractivity contribution in [2.75, 3.05) is 5.32 Å². The number of non-ortho nitro benzene ring substituents is 1. The third kappa shape index (κ3) is 3.26. The van der Waals surface area contributed by atoms with Crippen molar-refractivity contribution in [3.8, 4) is 6.07 Å². The van der Waals surface area contributed by atoms with Crippen molar-refractivity contribution in [2.24, 2.45) is 0 Å². The number of amides is 1. The molecule has 0 fully saturated rings. The van der Waals surface area contributed by atoms with Crippen molar-refractivity contribution in [2.45, 2.75) is 11.8 Å². The summed E-state index contributed by atoms with van der Waals surface area (Å²) in [6, 6.07) is 5.49. The molecule has 0 spiro atoms. The van der Waals surface area contributed by atoms with Gasteiger partial charge in [-0.1, -0.05) is 15.9 Å². The van der Waals surface area contributed by atoms with Crippen molar-refractivity contribution in [3.63, 3.8) is 0 Å². The topological polar surface area (TPSA) is 96.0 Å². The Kier molecular flexibility index (Phi) is 4.17. The number of nitro benzene ring substituents is 1. The minimum absolute atomic E-state index is 0.0562. The number of nitro groups is 1. The van der Waals surface area contributed by atoms with Crippen LogP contribution in [0.3, 0.4) is 0 Å². The Hall–Kier alpha value is -1.94. The summed E-state index contributed by atoms with van der Waals surface area (Å²) in [5.41, 5.74) is 0.126. The molecule has 17 heavy (non-hydrogen) atoms. The van der Waals surface area contributed by atoms with Gasteiger partial charge >= 0.3 is 0 Å². The van der Waals surface area contributed by atoms with Crippen LogP contribution in [-0.2, 0) is 4.79 Å². The highest BCUT2D eigenvalue weighted by atomic mass is 79.9. The van der Waals surface area contributed by atoms with Gasteiger partial charge in [0.15, 0.2) is 0 Å². The van der Waals surface area contributed by atoms with E-state index in [4.69, 9.17) is 5.26 Å².